The Morgan fingerprint density at radius 1 is 1.17 bits per heavy atom. The van der Waals surface area contributed by atoms with Crippen molar-refractivity contribution in [2.24, 2.45) is 0 Å². The predicted octanol–water partition coefficient (Wildman–Crippen LogP) is 4.12. The Morgan fingerprint density at radius 3 is 2.77 bits per heavy atom. The minimum atomic E-state index is -0.436. The molecule has 0 fully saturated rings. The van der Waals surface area contributed by atoms with Crippen molar-refractivity contribution in [3.63, 3.8) is 0 Å². The van der Waals surface area contributed by atoms with E-state index in [2.05, 4.69) is 20.4 Å². The van der Waals surface area contributed by atoms with E-state index in [0.717, 1.165) is 33.7 Å². The van der Waals surface area contributed by atoms with Crippen LogP contribution in [0.2, 0.25) is 0 Å². The number of nitrogens with one attached hydrogen (secondary N) is 1. The first-order valence-corrected chi connectivity index (χ1v) is 9.13. The van der Waals surface area contributed by atoms with Crippen molar-refractivity contribution < 1.29 is 14.1 Å². The topological polar surface area (TPSA) is 120 Å². The number of hydrogen-bond acceptors (Lipinski definition) is 7. The lowest BCUT2D eigenvalue weighted by Crippen LogP contribution is -1.89. The summed E-state index contributed by atoms with van der Waals surface area (Å²) in [5.74, 6) is 1.48. The number of nitro benzene ring substituents is 1. The van der Waals surface area contributed by atoms with Crippen LogP contribution in [0.5, 0.6) is 5.75 Å². The first kappa shape index (κ1) is 17.8. The molecule has 0 spiro atoms. The number of aromatic nitrogens is 4. The fraction of sp³-hybridized carbons (Fsp3) is 0.0952. The summed E-state index contributed by atoms with van der Waals surface area (Å²) in [6, 6.07) is 12.1. The van der Waals surface area contributed by atoms with E-state index in [1.54, 1.807) is 31.4 Å². The van der Waals surface area contributed by atoms with Crippen LogP contribution in [0.25, 0.3) is 35.0 Å². The highest BCUT2D eigenvalue weighted by molar-refractivity contribution is 5.79. The monoisotopic (exact) mass is 401 g/mol. The smallest absolute Gasteiger partial charge is 0.269 e. The number of nitrogens with zero attached hydrogens (tertiary/aromatic N) is 4. The minimum absolute atomic E-state index is 0.0407. The second-order valence-corrected chi connectivity index (χ2v) is 6.75. The number of fused-ring (bicyclic) bond motifs is 3. The van der Waals surface area contributed by atoms with Crippen LogP contribution in [0.4, 0.5) is 5.69 Å². The van der Waals surface area contributed by atoms with Gasteiger partial charge in [0.15, 0.2) is 0 Å². The van der Waals surface area contributed by atoms with Crippen LogP contribution in [-0.2, 0) is 6.42 Å². The van der Waals surface area contributed by atoms with Gasteiger partial charge in [-0.05, 0) is 47.5 Å². The summed E-state index contributed by atoms with van der Waals surface area (Å²) in [5.41, 5.74) is 5.61. The van der Waals surface area contributed by atoms with Gasteiger partial charge < -0.3 is 9.15 Å². The van der Waals surface area contributed by atoms with Gasteiger partial charge in [0, 0.05) is 35.8 Å². The van der Waals surface area contributed by atoms with Gasteiger partial charge in [0.2, 0.25) is 5.89 Å². The summed E-state index contributed by atoms with van der Waals surface area (Å²) in [6.07, 6.45) is 4.11. The van der Waals surface area contributed by atoms with Crippen molar-refractivity contribution in [1.29, 1.82) is 0 Å². The van der Waals surface area contributed by atoms with Crippen LogP contribution < -0.4 is 4.74 Å². The molecule has 5 rings (SSSR count). The molecule has 2 aromatic carbocycles. The Kier molecular flexibility index (Phi) is 4.13. The van der Waals surface area contributed by atoms with Gasteiger partial charge in [-0.2, -0.15) is 5.10 Å². The largest absolute Gasteiger partial charge is 0.497 e. The summed E-state index contributed by atoms with van der Waals surface area (Å²) < 4.78 is 11.1. The molecule has 2 heterocycles. The molecule has 0 saturated carbocycles. The maximum atomic E-state index is 10.7. The van der Waals surface area contributed by atoms with Gasteiger partial charge in [-0.25, -0.2) is 0 Å². The standard InChI is InChI=1S/C21H15N5O4/c1-29-15-7-8-16-13(10-15)11-17-19(16)23-24-20(17)21-25-22-18(30-21)9-4-12-2-5-14(6-3-12)26(27)28/h2-10H,11H2,1H3,(H,23,24)/b9-4+. The number of rotatable bonds is 5. The number of non-ortho nitro benzene ring substituents is 1. The van der Waals surface area contributed by atoms with Gasteiger partial charge in [0.1, 0.15) is 11.4 Å². The molecule has 30 heavy (non-hydrogen) atoms. The molecule has 0 atom stereocenters. The number of ether oxygens (including phenoxy) is 1. The SMILES string of the molecule is COc1ccc2c(c1)Cc1c-2n[nH]c1-c1nnc(/C=C/c2ccc([N+](=O)[O-])cc2)o1. The van der Waals surface area contributed by atoms with Crippen molar-refractivity contribution in [3.05, 3.63) is 75.2 Å². The predicted molar refractivity (Wildman–Crippen MR) is 109 cm³/mol. The lowest BCUT2D eigenvalue weighted by Gasteiger charge is -2.03. The quantitative estimate of drug-likeness (QED) is 0.347. The number of H-pyrrole nitrogens is 1. The molecular weight excluding hydrogens is 386 g/mol. The molecule has 1 aliphatic carbocycles. The molecule has 0 aliphatic heterocycles. The average molecular weight is 401 g/mol. The number of methoxy groups -OCH3 is 1. The summed E-state index contributed by atoms with van der Waals surface area (Å²) in [7, 11) is 1.64. The Hall–Kier alpha value is -4.27. The van der Waals surface area contributed by atoms with Gasteiger partial charge in [-0.15, -0.1) is 10.2 Å². The molecule has 0 unspecified atom stereocenters. The summed E-state index contributed by atoms with van der Waals surface area (Å²) in [4.78, 5) is 10.3. The molecule has 4 aromatic rings. The van der Waals surface area contributed by atoms with E-state index in [9.17, 15) is 10.1 Å². The number of hydrogen-bond donors (Lipinski definition) is 1. The van der Waals surface area contributed by atoms with Crippen molar-refractivity contribution in [1.82, 2.24) is 20.4 Å². The molecule has 148 valence electrons. The zero-order valence-corrected chi connectivity index (χ0v) is 15.8. The molecule has 1 N–H and O–H groups in total. The van der Waals surface area contributed by atoms with Crippen molar-refractivity contribution in [3.8, 4) is 28.6 Å². The molecule has 0 radical (unpaired) electrons. The number of nitro groups is 1. The Labute approximate surface area is 170 Å². The van der Waals surface area contributed by atoms with Gasteiger partial charge in [0.05, 0.1) is 17.7 Å². The average Bonchev–Trinajstić information content (AvgIpc) is 3.47. The normalized spacial score (nSPS) is 12.2. The highest BCUT2D eigenvalue weighted by atomic mass is 16.6. The second-order valence-electron chi connectivity index (χ2n) is 6.75. The third-order valence-corrected chi connectivity index (χ3v) is 4.98. The van der Waals surface area contributed by atoms with Crippen molar-refractivity contribution in [2.75, 3.05) is 7.11 Å². The number of aromatic amines is 1. The zero-order valence-electron chi connectivity index (χ0n) is 15.8. The Bertz CT molecular complexity index is 1290. The van der Waals surface area contributed by atoms with Crippen LogP contribution in [0.15, 0.2) is 46.9 Å². The first-order valence-electron chi connectivity index (χ1n) is 9.13. The third-order valence-electron chi connectivity index (χ3n) is 4.98. The summed E-state index contributed by atoms with van der Waals surface area (Å²) in [5, 5.41) is 26.3. The van der Waals surface area contributed by atoms with Gasteiger partial charge in [0.25, 0.3) is 11.6 Å². The van der Waals surface area contributed by atoms with Gasteiger partial charge >= 0.3 is 0 Å². The van der Waals surface area contributed by atoms with E-state index < -0.39 is 4.92 Å². The molecule has 0 bridgehead atoms. The molecule has 1 aliphatic rings. The second kappa shape index (κ2) is 6.96. The van der Waals surface area contributed by atoms with E-state index in [1.165, 1.54) is 12.1 Å². The summed E-state index contributed by atoms with van der Waals surface area (Å²) in [6.45, 7) is 0. The maximum absolute atomic E-state index is 10.7. The van der Waals surface area contributed by atoms with E-state index in [-0.39, 0.29) is 5.69 Å². The molecular formula is C21H15N5O4. The van der Waals surface area contributed by atoms with Crippen LogP contribution in [0.3, 0.4) is 0 Å². The lowest BCUT2D eigenvalue weighted by atomic mass is 10.1. The van der Waals surface area contributed by atoms with Crippen molar-refractivity contribution in [2.45, 2.75) is 6.42 Å². The van der Waals surface area contributed by atoms with Crippen LogP contribution in [0.1, 0.15) is 22.6 Å². The highest BCUT2D eigenvalue weighted by Crippen LogP contribution is 2.41. The maximum Gasteiger partial charge on any atom is 0.269 e. The van der Waals surface area contributed by atoms with Crippen LogP contribution >= 0.6 is 0 Å². The summed E-state index contributed by atoms with van der Waals surface area (Å²) >= 11 is 0. The molecule has 9 heteroatoms. The minimum Gasteiger partial charge on any atom is -0.497 e. The fourth-order valence-electron chi connectivity index (χ4n) is 3.48. The van der Waals surface area contributed by atoms with Crippen LogP contribution in [-0.4, -0.2) is 32.4 Å². The molecule has 2 aromatic heterocycles. The third kappa shape index (κ3) is 3.02. The molecule has 0 amide bonds. The van der Waals surface area contributed by atoms with Gasteiger partial charge in [-0.1, -0.05) is 0 Å². The van der Waals surface area contributed by atoms with Crippen molar-refractivity contribution >= 4 is 17.8 Å². The van der Waals surface area contributed by atoms with Crippen LogP contribution in [0, 0.1) is 10.1 Å². The first-order chi connectivity index (χ1) is 14.6. The fourth-order valence-corrected chi connectivity index (χ4v) is 3.48. The highest BCUT2D eigenvalue weighted by Gasteiger charge is 2.27. The van der Waals surface area contributed by atoms with Gasteiger partial charge in [-0.3, -0.25) is 15.2 Å². The zero-order chi connectivity index (χ0) is 20.7. The Morgan fingerprint density at radius 2 is 2.00 bits per heavy atom. The molecule has 0 saturated heterocycles. The molecule has 9 nitrogen and oxygen atoms in total. The lowest BCUT2D eigenvalue weighted by molar-refractivity contribution is -0.384. The van der Waals surface area contributed by atoms with E-state index >= 15 is 0 Å². The Balaban J connectivity index is 1.38. The number of benzene rings is 2. The van der Waals surface area contributed by atoms with E-state index in [4.69, 9.17) is 9.15 Å². The van der Waals surface area contributed by atoms with E-state index in [1.807, 2.05) is 18.2 Å². The van der Waals surface area contributed by atoms with E-state index in [0.29, 0.717) is 23.9 Å².